The fourth-order valence-corrected chi connectivity index (χ4v) is 2.61. The summed E-state index contributed by atoms with van der Waals surface area (Å²) in [6, 6.07) is 7.84. The van der Waals surface area contributed by atoms with Crippen LogP contribution in [0, 0.1) is 10.1 Å². The molecule has 0 radical (unpaired) electrons. The van der Waals surface area contributed by atoms with Gasteiger partial charge >= 0.3 is 5.69 Å². The van der Waals surface area contributed by atoms with Crippen LogP contribution in [0.4, 0.5) is 11.4 Å². The third-order valence-corrected chi connectivity index (χ3v) is 3.64. The molecule has 2 heterocycles. The second kappa shape index (κ2) is 5.42. The molecule has 2 aromatic rings. The number of anilines is 1. The first-order chi connectivity index (χ1) is 9.75. The van der Waals surface area contributed by atoms with Gasteiger partial charge in [0.05, 0.1) is 10.4 Å². The normalized spacial score (nSPS) is 18.3. The van der Waals surface area contributed by atoms with Gasteiger partial charge in [0.25, 0.3) is 0 Å². The maximum atomic E-state index is 11.2. The zero-order valence-electron chi connectivity index (χ0n) is 11.0. The highest BCUT2D eigenvalue weighted by Crippen LogP contribution is 2.31. The second-order valence-corrected chi connectivity index (χ2v) is 4.97. The van der Waals surface area contributed by atoms with E-state index >= 15 is 0 Å². The molecule has 3 rings (SSSR count). The third-order valence-electron chi connectivity index (χ3n) is 3.64. The summed E-state index contributed by atoms with van der Waals surface area (Å²) in [5.74, 6) is 0. The van der Waals surface area contributed by atoms with Crippen LogP contribution in [0.25, 0.3) is 10.9 Å². The summed E-state index contributed by atoms with van der Waals surface area (Å²) in [4.78, 5) is 14.9. The third kappa shape index (κ3) is 2.42. The van der Waals surface area contributed by atoms with Crippen molar-refractivity contribution < 1.29 is 4.92 Å². The zero-order valence-corrected chi connectivity index (χ0v) is 11.0. The number of nitrogens with one attached hydrogen (secondary N) is 2. The van der Waals surface area contributed by atoms with Crippen molar-refractivity contribution in [3.63, 3.8) is 0 Å². The molecule has 1 aromatic heterocycles. The van der Waals surface area contributed by atoms with Crippen molar-refractivity contribution in [3.8, 4) is 0 Å². The first-order valence-electron chi connectivity index (χ1n) is 6.75. The van der Waals surface area contributed by atoms with E-state index in [0.717, 1.165) is 30.3 Å². The standard InChI is InChI=1S/C14H16N4O2/c19-18(20)13-9-16-12-6-2-1-5-11(12)14(13)17-8-10-4-3-7-15-10/h1-2,5-6,9-10,15H,3-4,7-8H2,(H,16,17). The van der Waals surface area contributed by atoms with Crippen molar-refractivity contribution in [2.45, 2.75) is 18.9 Å². The quantitative estimate of drug-likeness (QED) is 0.659. The monoisotopic (exact) mass is 272 g/mol. The number of hydrogen-bond acceptors (Lipinski definition) is 5. The lowest BCUT2D eigenvalue weighted by atomic mass is 10.1. The largest absolute Gasteiger partial charge is 0.377 e. The number of aromatic nitrogens is 1. The lowest BCUT2D eigenvalue weighted by Gasteiger charge is -2.14. The molecule has 0 aliphatic carbocycles. The van der Waals surface area contributed by atoms with Crippen LogP contribution in [-0.4, -0.2) is 29.0 Å². The second-order valence-electron chi connectivity index (χ2n) is 4.97. The van der Waals surface area contributed by atoms with E-state index in [1.807, 2.05) is 24.3 Å². The predicted octanol–water partition coefficient (Wildman–Crippen LogP) is 2.31. The smallest absolute Gasteiger partial charge is 0.311 e. The fourth-order valence-electron chi connectivity index (χ4n) is 2.61. The van der Waals surface area contributed by atoms with E-state index in [4.69, 9.17) is 0 Å². The van der Waals surface area contributed by atoms with Crippen LogP contribution in [0.2, 0.25) is 0 Å². The van der Waals surface area contributed by atoms with Crippen molar-refractivity contribution in [2.75, 3.05) is 18.4 Å². The molecule has 6 nitrogen and oxygen atoms in total. The first kappa shape index (κ1) is 12.8. The minimum absolute atomic E-state index is 0.0293. The van der Waals surface area contributed by atoms with E-state index in [-0.39, 0.29) is 10.6 Å². The average molecular weight is 272 g/mol. The summed E-state index contributed by atoms with van der Waals surface area (Å²) in [7, 11) is 0. The van der Waals surface area contributed by atoms with Crippen molar-refractivity contribution in [1.29, 1.82) is 0 Å². The molecule has 1 fully saturated rings. The van der Waals surface area contributed by atoms with Crippen LogP contribution < -0.4 is 10.6 Å². The van der Waals surface area contributed by atoms with E-state index < -0.39 is 0 Å². The van der Waals surface area contributed by atoms with Gasteiger partial charge in [-0.15, -0.1) is 0 Å². The summed E-state index contributed by atoms with van der Waals surface area (Å²) in [5.41, 5.74) is 1.36. The van der Waals surface area contributed by atoms with Crippen LogP contribution in [-0.2, 0) is 0 Å². The molecule has 1 saturated heterocycles. The molecule has 1 atom stereocenters. The van der Waals surface area contributed by atoms with Gasteiger partial charge in [0, 0.05) is 18.0 Å². The maximum Gasteiger partial charge on any atom is 0.311 e. The Hall–Kier alpha value is -2.21. The van der Waals surface area contributed by atoms with Gasteiger partial charge in [0.2, 0.25) is 0 Å². The summed E-state index contributed by atoms with van der Waals surface area (Å²) < 4.78 is 0. The molecule has 1 aliphatic heterocycles. The number of rotatable bonds is 4. The molecule has 104 valence electrons. The number of hydrogen-bond donors (Lipinski definition) is 2. The summed E-state index contributed by atoms with van der Waals surface area (Å²) in [6.45, 7) is 1.71. The first-order valence-corrected chi connectivity index (χ1v) is 6.75. The molecule has 1 aromatic carbocycles. The lowest BCUT2D eigenvalue weighted by molar-refractivity contribution is -0.384. The van der Waals surface area contributed by atoms with Crippen LogP contribution in [0.5, 0.6) is 0 Å². The van der Waals surface area contributed by atoms with Crippen LogP contribution in [0.3, 0.4) is 0 Å². The molecule has 6 heteroatoms. The Bertz CT molecular complexity index is 638. The molecule has 2 N–H and O–H groups in total. The number of para-hydroxylation sites is 1. The Kier molecular flexibility index (Phi) is 3.47. The van der Waals surface area contributed by atoms with Crippen LogP contribution >= 0.6 is 0 Å². The Labute approximate surface area is 116 Å². The highest BCUT2D eigenvalue weighted by atomic mass is 16.6. The Balaban J connectivity index is 1.96. The van der Waals surface area contributed by atoms with Crippen molar-refractivity contribution in [1.82, 2.24) is 10.3 Å². The molecule has 0 spiro atoms. The SMILES string of the molecule is O=[N+]([O-])c1cnc2ccccc2c1NCC1CCCN1. The van der Waals surface area contributed by atoms with Gasteiger partial charge in [0.15, 0.2) is 0 Å². The highest BCUT2D eigenvalue weighted by Gasteiger charge is 2.20. The predicted molar refractivity (Wildman–Crippen MR) is 77.9 cm³/mol. The van der Waals surface area contributed by atoms with E-state index in [1.54, 1.807) is 0 Å². The fraction of sp³-hybridized carbons (Fsp3) is 0.357. The van der Waals surface area contributed by atoms with Gasteiger partial charge < -0.3 is 10.6 Å². The molecule has 1 aliphatic rings. The van der Waals surface area contributed by atoms with E-state index in [2.05, 4.69) is 15.6 Å². The molecular formula is C14H16N4O2. The van der Waals surface area contributed by atoms with Gasteiger partial charge in [-0.05, 0) is 25.5 Å². The van der Waals surface area contributed by atoms with E-state index in [9.17, 15) is 10.1 Å². The Morgan fingerprint density at radius 3 is 3.05 bits per heavy atom. The topological polar surface area (TPSA) is 80.1 Å². The van der Waals surface area contributed by atoms with Crippen molar-refractivity contribution in [3.05, 3.63) is 40.6 Å². The highest BCUT2D eigenvalue weighted by molar-refractivity contribution is 5.95. The van der Waals surface area contributed by atoms with Crippen molar-refractivity contribution >= 4 is 22.3 Å². The Morgan fingerprint density at radius 1 is 1.45 bits per heavy atom. The van der Waals surface area contributed by atoms with Crippen molar-refractivity contribution in [2.24, 2.45) is 0 Å². The van der Waals surface area contributed by atoms with Gasteiger partial charge in [-0.2, -0.15) is 0 Å². The number of nitro groups is 1. The molecule has 0 saturated carbocycles. The molecule has 0 amide bonds. The van der Waals surface area contributed by atoms with Gasteiger partial charge in [-0.3, -0.25) is 10.1 Å². The Morgan fingerprint density at radius 2 is 2.30 bits per heavy atom. The summed E-state index contributed by atoms with van der Waals surface area (Å²) >= 11 is 0. The number of fused-ring (bicyclic) bond motifs is 1. The summed E-state index contributed by atoms with van der Waals surface area (Å²) in [6.07, 6.45) is 3.59. The number of nitrogens with zero attached hydrogens (tertiary/aromatic N) is 2. The van der Waals surface area contributed by atoms with Crippen LogP contribution in [0.1, 0.15) is 12.8 Å². The van der Waals surface area contributed by atoms with Gasteiger partial charge in [-0.1, -0.05) is 18.2 Å². The van der Waals surface area contributed by atoms with Crippen LogP contribution in [0.15, 0.2) is 30.5 Å². The maximum absolute atomic E-state index is 11.2. The molecule has 0 bridgehead atoms. The average Bonchev–Trinajstić information content (AvgIpc) is 2.97. The molecule has 20 heavy (non-hydrogen) atoms. The minimum Gasteiger partial charge on any atom is -0.377 e. The van der Waals surface area contributed by atoms with E-state index in [1.165, 1.54) is 6.20 Å². The lowest BCUT2D eigenvalue weighted by Crippen LogP contribution is -2.29. The van der Waals surface area contributed by atoms with Gasteiger partial charge in [-0.25, -0.2) is 4.98 Å². The zero-order chi connectivity index (χ0) is 13.9. The number of benzene rings is 1. The van der Waals surface area contributed by atoms with E-state index in [0.29, 0.717) is 18.3 Å². The summed E-state index contributed by atoms with van der Waals surface area (Å²) in [5, 5.41) is 18.6. The minimum atomic E-state index is -0.385. The van der Waals surface area contributed by atoms with Gasteiger partial charge in [0.1, 0.15) is 11.9 Å². The number of pyridine rings is 1. The molecular weight excluding hydrogens is 256 g/mol. The molecule has 1 unspecified atom stereocenters.